The SMILES string of the molecule is CN(CCOCC1CC1)C(CN)c1ccc(Br)cc1F. The summed E-state index contributed by atoms with van der Waals surface area (Å²) in [4.78, 5) is 2.05. The zero-order valence-corrected chi connectivity index (χ0v) is 13.4. The molecule has 0 amide bonds. The van der Waals surface area contributed by atoms with Crippen molar-refractivity contribution in [3.8, 4) is 0 Å². The van der Waals surface area contributed by atoms with E-state index in [0.29, 0.717) is 18.7 Å². The molecule has 0 heterocycles. The van der Waals surface area contributed by atoms with E-state index in [1.165, 1.54) is 18.9 Å². The van der Waals surface area contributed by atoms with E-state index in [9.17, 15) is 4.39 Å². The minimum atomic E-state index is -0.222. The van der Waals surface area contributed by atoms with Gasteiger partial charge in [0.05, 0.1) is 6.61 Å². The third-order valence-electron chi connectivity index (χ3n) is 3.72. The number of likely N-dealkylation sites (N-methyl/N-ethyl adjacent to an activating group) is 1. The van der Waals surface area contributed by atoms with Crippen LogP contribution < -0.4 is 5.73 Å². The van der Waals surface area contributed by atoms with Crippen molar-refractivity contribution in [2.24, 2.45) is 11.7 Å². The van der Waals surface area contributed by atoms with Crippen LogP contribution in [-0.2, 0) is 4.74 Å². The molecule has 0 saturated heterocycles. The number of hydrogen-bond donors (Lipinski definition) is 1. The Morgan fingerprint density at radius 3 is 2.85 bits per heavy atom. The second-order valence-electron chi connectivity index (χ2n) is 5.42. The van der Waals surface area contributed by atoms with Crippen LogP contribution in [0.5, 0.6) is 0 Å². The summed E-state index contributed by atoms with van der Waals surface area (Å²) in [6.45, 7) is 2.66. The first kappa shape index (κ1) is 15.9. The molecule has 0 bridgehead atoms. The molecular formula is C15H22BrFN2O. The Morgan fingerprint density at radius 1 is 1.50 bits per heavy atom. The fraction of sp³-hybridized carbons (Fsp3) is 0.600. The van der Waals surface area contributed by atoms with Gasteiger partial charge < -0.3 is 10.5 Å². The van der Waals surface area contributed by atoms with Gasteiger partial charge in [-0.05, 0) is 37.9 Å². The Labute approximate surface area is 128 Å². The number of nitrogens with zero attached hydrogens (tertiary/aromatic N) is 1. The molecule has 1 fully saturated rings. The van der Waals surface area contributed by atoms with Gasteiger partial charge in [0.1, 0.15) is 5.82 Å². The van der Waals surface area contributed by atoms with Gasteiger partial charge in [0, 0.05) is 35.8 Å². The van der Waals surface area contributed by atoms with E-state index in [4.69, 9.17) is 10.5 Å². The summed E-state index contributed by atoms with van der Waals surface area (Å²) < 4.78 is 20.4. The van der Waals surface area contributed by atoms with Crippen LogP contribution in [0.1, 0.15) is 24.4 Å². The molecular weight excluding hydrogens is 323 g/mol. The zero-order valence-electron chi connectivity index (χ0n) is 11.8. The summed E-state index contributed by atoms with van der Waals surface area (Å²) in [5, 5.41) is 0. The Balaban J connectivity index is 1.88. The van der Waals surface area contributed by atoms with Gasteiger partial charge in [0.25, 0.3) is 0 Å². The molecule has 1 aromatic rings. The van der Waals surface area contributed by atoms with E-state index in [-0.39, 0.29) is 11.9 Å². The second kappa shape index (κ2) is 7.50. The van der Waals surface area contributed by atoms with Crippen LogP contribution in [0.15, 0.2) is 22.7 Å². The van der Waals surface area contributed by atoms with E-state index in [1.54, 1.807) is 6.07 Å². The van der Waals surface area contributed by atoms with E-state index >= 15 is 0 Å². The molecule has 20 heavy (non-hydrogen) atoms. The molecule has 0 radical (unpaired) electrons. The number of rotatable bonds is 8. The zero-order chi connectivity index (χ0) is 14.5. The van der Waals surface area contributed by atoms with Gasteiger partial charge in [0.15, 0.2) is 0 Å². The van der Waals surface area contributed by atoms with Gasteiger partial charge in [-0.2, -0.15) is 0 Å². The highest BCUT2D eigenvalue weighted by Gasteiger charge is 2.22. The Kier molecular flexibility index (Phi) is 5.96. The van der Waals surface area contributed by atoms with Crippen LogP contribution in [-0.4, -0.2) is 38.3 Å². The maximum atomic E-state index is 14.0. The molecule has 1 saturated carbocycles. The van der Waals surface area contributed by atoms with Gasteiger partial charge >= 0.3 is 0 Å². The first-order valence-electron chi connectivity index (χ1n) is 7.04. The number of halogens is 2. The van der Waals surface area contributed by atoms with Crippen LogP contribution in [0.3, 0.4) is 0 Å². The number of benzene rings is 1. The third-order valence-corrected chi connectivity index (χ3v) is 4.21. The lowest BCUT2D eigenvalue weighted by Crippen LogP contribution is -2.33. The van der Waals surface area contributed by atoms with Crippen molar-refractivity contribution >= 4 is 15.9 Å². The normalized spacial score (nSPS) is 16.6. The van der Waals surface area contributed by atoms with Crippen molar-refractivity contribution in [1.82, 2.24) is 4.90 Å². The van der Waals surface area contributed by atoms with E-state index in [0.717, 1.165) is 23.5 Å². The predicted molar refractivity (Wildman–Crippen MR) is 82.1 cm³/mol. The minimum absolute atomic E-state index is 0.118. The Bertz CT molecular complexity index is 440. The van der Waals surface area contributed by atoms with Crippen LogP contribution in [0.4, 0.5) is 4.39 Å². The maximum Gasteiger partial charge on any atom is 0.129 e. The first-order chi connectivity index (χ1) is 9.61. The van der Waals surface area contributed by atoms with Crippen LogP contribution in [0, 0.1) is 11.7 Å². The molecule has 5 heteroatoms. The molecule has 3 nitrogen and oxygen atoms in total. The minimum Gasteiger partial charge on any atom is -0.380 e. The molecule has 0 aliphatic heterocycles. The average Bonchev–Trinajstić information content (AvgIpc) is 3.22. The Morgan fingerprint density at radius 2 is 2.25 bits per heavy atom. The molecule has 112 valence electrons. The van der Waals surface area contributed by atoms with Gasteiger partial charge in [-0.25, -0.2) is 4.39 Å². The fourth-order valence-corrected chi connectivity index (χ4v) is 2.55. The van der Waals surface area contributed by atoms with Gasteiger partial charge in [-0.3, -0.25) is 4.90 Å². The molecule has 0 aromatic heterocycles. The van der Waals surface area contributed by atoms with Crippen molar-refractivity contribution in [2.45, 2.75) is 18.9 Å². The van der Waals surface area contributed by atoms with Crippen molar-refractivity contribution in [1.29, 1.82) is 0 Å². The summed E-state index contributed by atoms with van der Waals surface area (Å²) in [5.41, 5.74) is 6.45. The molecule has 0 spiro atoms. The van der Waals surface area contributed by atoms with Crippen LogP contribution >= 0.6 is 15.9 Å². The van der Waals surface area contributed by atoms with Crippen LogP contribution in [0.25, 0.3) is 0 Å². The summed E-state index contributed by atoms with van der Waals surface area (Å²) >= 11 is 3.27. The number of ether oxygens (including phenoxy) is 1. The molecule has 1 atom stereocenters. The number of nitrogens with two attached hydrogens (primary N) is 1. The maximum absolute atomic E-state index is 14.0. The molecule has 2 rings (SSSR count). The highest BCUT2D eigenvalue weighted by atomic mass is 79.9. The largest absolute Gasteiger partial charge is 0.380 e. The molecule has 1 unspecified atom stereocenters. The van der Waals surface area contributed by atoms with Crippen molar-refractivity contribution < 1.29 is 9.13 Å². The summed E-state index contributed by atoms with van der Waals surface area (Å²) in [6.07, 6.45) is 2.59. The fourth-order valence-electron chi connectivity index (χ4n) is 2.21. The summed E-state index contributed by atoms with van der Waals surface area (Å²) in [6, 6.07) is 5.00. The predicted octanol–water partition coefficient (Wildman–Crippen LogP) is 2.95. The standard InChI is InChI=1S/C15H22BrFN2O/c1-19(6-7-20-10-11-2-3-11)15(9-18)13-5-4-12(16)8-14(13)17/h4-5,8,11,15H,2-3,6-7,9-10,18H2,1H3. The van der Waals surface area contributed by atoms with Crippen molar-refractivity contribution in [3.05, 3.63) is 34.1 Å². The lowest BCUT2D eigenvalue weighted by atomic mass is 10.1. The first-order valence-corrected chi connectivity index (χ1v) is 7.84. The monoisotopic (exact) mass is 344 g/mol. The van der Waals surface area contributed by atoms with Crippen LogP contribution in [0.2, 0.25) is 0 Å². The van der Waals surface area contributed by atoms with Gasteiger partial charge in [-0.15, -0.1) is 0 Å². The highest BCUT2D eigenvalue weighted by Crippen LogP contribution is 2.29. The van der Waals surface area contributed by atoms with Gasteiger partial charge in [0.2, 0.25) is 0 Å². The van der Waals surface area contributed by atoms with Crippen molar-refractivity contribution in [2.75, 3.05) is 33.4 Å². The third kappa shape index (κ3) is 4.52. The topological polar surface area (TPSA) is 38.5 Å². The quantitative estimate of drug-likeness (QED) is 0.737. The lowest BCUT2D eigenvalue weighted by molar-refractivity contribution is 0.0917. The molecule has 1 aliphatic rings. The average molecular weight is 345 g/mol. The van der Waals surface area contributed by atoms with E-state index < -0.39 is 0 Å². The Hall–Kier alpha value is -0.490. The number of hydrogen-bond acceptors (Lipinski definition) is 3. The smallest absolute Gasteiger partial charge is 0.129 e. The van der Waals surface area contributed by atoms with Gasteiger partial charge in [-0.1, -0.05) is 22.0 Å². The molecule has 1 aromatic carbocycles. The highest BCUT2D eigenvalue weighted by molar-refractivity contribution is 9.10. The summed E-state index contributed by atoms with van der Waals surface area (Å²) in [5.74, 6) is 0.551. The molecule has 2 N–H and O–H groups in total. The lowest BCUT2D eigenvalue weighted by Gasteiger charge is -2.27. The summed E-state index contributed by atoms with van der Waals surface area (Å²) in [7, 11) is 1.96. The van der Waals surface area contributed by atoms with E-state index in [1.807, 2.05) is 13.1 Å². The molecule has 1 aliphatic carbocycles. The second-order valence-corrected chi connectivity index (χ2v) is 6.33. The van der Waals surface area contributed by atoms with Crippen molar-refractivity contribution in [3.63, 3.8) is 0 Å². The van der Waals surface area contributed by atoms with E-state index in [2.05, 4.69) is 20.8 Å².